The lowest BCUT2D eigenvalue weighted by atomic mass is 10.2. The number of hydrogen-bond acceptors (Lipinski definition) is 5. The maximum absolute atomic E-state index is 11.9. The lowest BCUT2D eigenvalue weighted by Crippen LogP contribution is -2.49. The van der Waals surface area contributed by atoms with Gasteiger partial charge in [-0.25, -0.2) is 9.59 Å². The van der Waals surface area contributed by atoms with E-state index in [1.165, 1.54) is 36.0 Å². The van der Waals surface area contributed by atoms with Crippen LogP contribution in [0.4, 0.5) is 0 Å². The molecular weight excluding hydrogens is 262 g/mol. The van der Waals surface area contributed by atoms with Gasteiger partial charge in [0, 0.05) is 17.7 Å². The monoisotopic (exact) mass is 280 g/mol. The number of ketones is 1. The number of esters is 2. The van der Waals surface area contributed by atoms with E-state index in [4.69, 9.17) is 9.47 Å². The molecule has 0 spiro atoms. The quantitative estimate of drug-likeness (QED) is 0.334. The summed E-state index contributed by atoms with van der Waals surface area (Å²) in [5.74, 6) is -1.47. The average Bonchev–Trinajstić information content (AvgIpc) is 2.40. The summed E-state index contributed by atoms with van der Waals surface area (Å²) in [5, 5.41) is 0. The van der Waals surface area contributed by atoms with Crippen molar-refractivity contribution in [1.29, 1.82) is 0 Å². The van der Waals surface area contributed by atoms with Gasteiger partial charge in [-0.15, -0.1) is 0 Å². The Morgan fingerprint density at radius 3 is 1.85 bits per heavy atom. The zero-order valence-electron chi connectivity index (χ0n) is 11.8. The van der Waals surface area contributed by atoms with Crippen LogP contribution in [0.1, 0.15) is 37.2 Å². The average molecular weight is 280 g/mol. The van der Waals surface area contributed by atoms with Gasteiger partial charge in [-0.3, -0.25) is 4.79 Å². The molecule has 0 unspecified atom stereocenters. The molecule has 0 atom stereocenters. The number of aromatic nitrogens is 1. The van der Waals surface area contributed by atoms with Crippen LogP contribution in [0.3, 0.4) is 0 Å². The van der Waals surface area contributed by atoms with Gasteiger partial charge in [0.05, 0.1) is 13.2 Å². The summed E-state index contributed by atoms with van der Waals surface area (Å²) in [5.41, 5.74) is 0.493. The van der Waals surface area contributed by atoms with Crippen LogP contribution in [0.2, 0.25) is 0 Å². The number of hydrogen-bond donors (Lipinski definition) is 0. The highest BCUT2D eigenvalue weighted by Gasteiger charge is 2.38. The van der Waals surface area contributed by atoms with Crippen molar-refractivity contribution in [3.05, 3.63) is 30.1 Å². The van der Waals surface area contributed by atoms with Crippen LogP contribution >= 0.6 is 0 Å². The molecule has 0 aliphatic heterocycles. The Bertz CT molecular complexity index is 477. The van der Waals surface area contributed by atoms with Crippen molar-refractivity contribution in [2.75, 3.05) is 13.2 Å². The number of Topliss-reactive ketones (excluding diaryl/α,β-unsaturated/α-hetero) is 1. The van der Waals surface area contributed by atoms with E-state index < -0.39 is 18.0 Å². The first-order valence-electron chi connectivity index (χ1n) is 6.36. The third-order valence-corrected chi connectivity index (χ3v) is 2.58. The van der Waals surface area contributed by atoms with Crippen molar-refractivity contribution < 1.29 is 28.4 Å². The van der Waals surface area contributed by atoms with Crippen LogP contribution in [0.5, 0.6) is 0 Å². The summed E-state index contributed by atoms with van der Waals surface area (Å²) in [6, 6.07) is 1.87. The van der Waals surface area contributed by atoms with Crippen molar-refractivity contribution in [2.45, 2.75) is 26.8 Å². The highest BCUT2D eigenvalue weighted by molar-refractivity contribution is 5.95. The zero-order valence-corrected chi connectivity index (χ0v) is 11.8. The topological polar surface area (TPSA) is 73.6 Å². The SMILES string of the molecule is CCOC(=O)C(C(=O)OCC)[n+]1ccc(C(C)=O)cc1. The van der Waals surface area contributed by atoms with Gasteiger partial charge >= 0.3 is 18.0 Å². The lowest BCUT2D eigenvalue weighted by Gasteiger charge is -2.10. The van der Waals surface area contributed by atoms with Crippen molar-refractivity contribution in [3.8, 4) is 0 Å². The standard InChI is InChI=1S/C14H18NO5/c1-4-19-13(17)12(14(18)20-5-2)15-8-6-11(7-9-15)10(3)16/h6-9,12H,4-5H2,1-3H3/q+1. The second-order valence-electron chi connectivity index (χ2n) is 4.00. The zero-order chi connectivity index (χ0) is 15.1. The summed E-state index contributed by atoms with van der Waals surface area (Å²) >= 11 is 0. The molecule has 0 saturated heterocycles. The van der Waals surface area contributed by atoms with Crippen LogP contribution in [0.25, 0.3) is 0 Å². The van der Waals surface area contributed by atoms with Gasteiger partial charge in [0.1, 0.15) is 0 Å². The minimum Gasteiger partial charge on any atom is -0.461 e. The number of pyridine rings is 1. The van der Waals surface area contributed by atoms with Gasteiger partial charge in [0.2, 0.25) is 0 Å². The van der Waals surface area contributed by atoms with E-state index in [0.717, 1.165) is 0 Å². The lowest BCUT2D eigenvalue weighted by molar-refractivity contribution is -0.699. The van der Waals surface area contributed by atoms with Gasteiger partial charge < -0.3 is 9.47 Å². The molecule has 0 amide bonds. The molecule has 0 fully saturated rings. The Hall–Kier alpha value is -2.24. The summed E-state index contributed by atoms with van der Waals surface area (Å²) in [4.78, 5) is 34.9. The highest BCUT2D eigenvalue weighted by Crippen LogP contribution is 2.05. The maximum atomic E-state index is 11.9. The number of nitrogens with zero attached hydrogens (tertiary/aromatic N) is 1. The Kier molecular flexibility index (Phi) is 5.83. The Morgan fingerprint density at radius 2 is 1.50 bits per heavy atom. The fraction of sp³-hybridized carbons (Fsp3) is 0.429. The molecule has 0 aromatic carbocycles. The molecule has 1 aromatic rings. The second-order valence-corrected chi connectivity index (χ2v) is 4.00. The highest BCUT2D eigenvalue weighted by atomic mass is 16.6. The molecule has 0 aliphatic carbocycles. The first kappa shape index (κ1) is 15.8. The molecule has 6 heteroatoms. The molecule has 1 rings (SSSR count). The van der Waals surface area contributed by atoms with Gasteiger partial charge in [-0.2, -0.15) is 4.57 Å². The smallest absolute Gasteiger partial charge is 0.388 e. The number of carbonyl (C=O) groups excluding carboxylic acids is 3. The van der Waals surface area contributed by atoms with E-state index in [-0.39, 0.29) is 19.0 Å². The van der Waals surface area contributed by atoms with E-state index in [0.29, 0.717) is 5.56 Å². The van der Waals surface area contributed by atoms with Crippen molar-refractivity contribution in [2.24, 2.45) is 0 Å². The molecule has 20 heavy (non-hydrogen) atoms. The summed E-state index contributed by atoms with van der Waals surface area (Å²) < 4.78 is 11.1. The summed E-state index contributed by atoms with van der Waals surface area (Å²) in [7, 11) is 0. The van der Waals surface area contributed by atoms with E-state index in [2.05, 4.69) is 0 Å². The normalized spacial score (nSPS) is 10.2. The molecule has 6 nitrogen and oxygen atoms in total. The molecule has 1 heterocycles. The van der Waals surface area contributed by atoms with Crippen molar-refractivity contribution in [1.82, 2.24) is 0 Å². The van der Waals surface area contributed by atoms with Crippen LogP contribution < -0.4 is 4.57 Å². The van der Waals surface area contributed by atoms with Crippen LogP contribution in [0, 0.1) is 0 Å². The Labute approximate surface area is 117 Å². The minimum atomic E-state index is -1.20. The fourth-order valence-corrected chi connectivity index (χ4v) is 1.63. The van der Waals surface area contributed by atoms with Gasteiger partial charge in [0.15, 0.2) is 18.2 Å². The van der Waals surface area contributed by atoms with Crippen molar-refractivity contribution >= 4 is 17.7 Å². The van der Waals surface area contributed by atoms with E-state index in [1.54, 1.807) is 13.8 Å². The molecular formula is C14H18NO5+. The van der Waals surface area contributed by atoms with Gasteiger partial charge in [0.25, 0.3) is 0 Å². The largest absolute Gasteiger partial charge is 0.461 e. The predicted molar refractivity (Wildman–Crippen MR) is 68.9 cm³/mol. The van der Waals surface area contributed by atoms with Gasteiger partial charge in [-0.1, -0.05) is 0 Å². The summed E-state index contributed by atoms with van der Waals surface area (Å²) in [6.45, 7) is 5.09. The van der Waals surface area contributed by atoms with Gasteiger partial charge in [-0.05, 0) is 20.8 Å². The third kappa shape index (κ3) is 3.88. The third-order valence-electron chi connectivity index (χ3n) is 2.58. The number of ether oxygens (including phenoxy) is 2. The fourth-order valence-electron chi connectivity index (χ4n) is 1.63. The van der Waals surface area contributed by atoms with Crippen molar-refractivity contribution in [3.63, 3.8) is 0 Å². The number of carbonyl (C=O) groups is 3. The molecule has 0 N–H and O–H groups in total. The molecule has 1 aromatic heterocycles. The van der Waals surface area contributed by atoms with E-state index >= 15 is 0 Å². The first-order chi connectivity index (χ1) is 9.51. The molecule has 0 radical (unpaired) electrons. The van der Waals surface area contributed by atoms with Crippen LogP contribution in [-0.2, 0) is 19.1 Å². The molecule has 0 aliphatic rings. The minimum absolute atomic E-state index is 0.0963. The number of rotatable bonds is 6. The molecule has 0 bridgehead atoms. The molecule has 0 saturated carbocycles. The maximum Gasteiger partial charge on any atom is 0.388 e. The Balaban J connectivity index is 3.06. The summed E-state index contributed by atoms with van der Waals surface area (Å²) in [6.07, 6.45) is 2.96. The Morgan fingerprint density at radius 1 is 1.05 bits per heavy atom. The second kappa shape index (κ2) is 7.37. The van der Waals surface area contributed by atoms with Crippen LogP contribution in [-0.4, -0.2) is 30.9 Å². The van der Waals surface area contributed by atoms with Crippen LogP contribution in [0.15, 0.2) is 24.5 Å². The van der Waals surface area contributed by atoms with E-state index in [9.17, 15) is 14.4 Å². The predicted octanol–water partition coefficient (Wildman–Crippen LogP) is 0.844. The first-order valence-corrected chi connectivity index (χ1v) is 6.36. The molecule has 108 valence electrons. The van der Waals surface area contributed by atoms with E-state index in [1.807, 2.05) is 0 Å².